The van der Waals surface area contributed by atoms with Gasteiger partial charge in [-0.1, -0.05) is 6.92 Å². The Hall–Kier alpha value is -0.0800. The van der Waals surface area contributed by atoms with Crippen molar-refractivity contribution in [1.82, 2.24) is 10.6 Å². The Morgan fingerprint density at radius 1 is 1.33 bits per heavy atom. The van der Waals surface area contributed by atoms with Gasteiger partial charge in [0, 0.05) is 0 Å². The topological polar surface area (TPSA) is 24.1 Å². The van der Waals surface area contributed by atoms with E-state index in [2.05, 4.69) is 30.9 Å². The molecule has 0 aromatic carbocycles. The van der Waals surface area contributed by atoms with Gasteiger partial charge in [0.15, 0.2) is 0 Å². The summed E-state index contributed by atoms with van der Waals surface area (Å²) in [6.45, 7) is 4.24. The van der Waals surface area contributed by atoms with Crippen LogP contribution in [0.15, 0.2) is 0 Å². The molecule has 55 valence electrons. The Bertz CT molecular complexity index is 67.3. The lowest BCUT2D eigenvalue weighted by atomic mass is 10.1. The standard InChI is InChI=1S/C7H17N2/c1-5-6-7(2,8-3)9-4/h6,8-9H,5H2,1-4H3. The van der Waals surface area contributed by atoms with E-state index in [4.69, 9.17) is 0 Å². The van der Waals surface area contributed by atoms with Gasteiger partial charge in [0.1, 0.15) is 0 Å². The lowest BCUT2D eigenvalue weighted by Gasteiger charge is -2.27. The SMILES string of the molecule is CC[CH]C(C)(NC)NC. The fourth-order valence-electron chi connectivity index (χ4n) is 0.737. The first-order valence-electron chi connectivity index (χ1n) is 3.40. The van der Waals surface area contributed by atoms with E-state index in [0.29, 0.717) is 0 Å². The van der Waals surface area contributed by atoms with Crippen LogP contribution in [-0.4, -0.2) is 19.8 Å². The highest BCUT2D eigenvalue weighted by atomic mass is 15.1. The summed E-state index contributed by atoms with van der Waals surface area (Å²) in [6, 6.07) is 0. The van der Waals surface area contributed by atoms with Crippen LogP contribution >= 0.6 is 0 Å². The van der Waals surface area contributed by atoms with E-state index < -0.39 is 0 Å². The van der Waals surface area contributed by atoms with Crippen molar-refractivity contribution in [2.45, 2.75) is 25.9 Å². The molecule has 0 aliphatic carbocycles. The van der Waals surface area contributed by atoms with Gasteiger partial charge in [-0.05, 0) is 33.9 Å². The number of rotatable bonds is 4. The monoisotopic (exact) mass is 129 g/mol. The van der Waals surface area contributed by atoms with Gasteiger partial charge in [0.25, 0.3) is 0 Å². The predicted octanol–water partition coefficient (Wildman–Crippen LogP) is 0.756. The van der Waals surface area contributed by atoms with Gasteiger partial charge in [-0.15, -0.1) is 0 Å². The van der Waals surface area contributed by atoms with E-state index in [1.165, 1.54) is 0 Å². The van der Waals surface area contributed by atoms with Crippen molar-refractivity contribution in [3.63, 3.8) is 0 Å². The quantitative estimate of drug-likeness (QED) is 0.547. The molecule has 9 heavy (non-hydrogen) atoms. The second kappa shape index (κ2) is 3.85. The molecule has 0 saturated heterocycles. The maximum atomic E-state index is 3.16. The van der Waals surface area contributed by atoms with Gasteiger partial charge < -0.3 is 10.6 Å². The fourth-order valence-corrected chi connectivity index (χ4v) is 0.737. The normalized spacial score (nSPS) is 12.0. The Labute approximate surface area is 58.0 Å². The summed E-state index contributed by atoms with van der Waals surface area (Å²) in [5.74, 6) is 0. The molecule has 0 heterocycles. The van der Waals surface area contributed by atoms with Crippen molar-refractivity contribution in [3.8, 4) is 0 Å². The molecule has 0 aliphatic rings. The number of nitrogens with one attached hydrogen (secondary N) is 2. The van der Waals surface area contributed by atoms with Crippen LogP contribution in [0.4, 0.5) is 0 Å². The summed E-state index contributed by atoms with van der Waals surface area (Å²) in [4.78, 5) is 0. The second-order valence-electron chi connectivity index (χ2n) is 2.31. The van der Waals surface area contributed by atoms with Crippen molar-refractivity contribution >= 4 is 0 Å². The molecular weight excluding hydrogens is 112 g/mol. The van der Waals surface area contributed by atoms with Crippen LogP contribution < -0.4 is 10.6 Å². The van der Waals surface area contributed by atoms with Crippen molar-refractivity contribution in [2.24, 2.45) is 0 Å². The van der Waals surface area contributed by atoms with Gasteiger partial charge >= 0.3 is 0 Å². The lowest BCUT2D eigenvalue weighted by Crippen LogP contribution is -2.51. The molecule has 0 bridgehead atoms. The summed E-state index contributed by atoms with van der Waals surface area (Å²) < 4.78 is 0. The Morgan fingerprint density at radius 2 is 1.78 bits per heavy atom. The molecule has 0 aromatic heterocycles. The zero-order valence-corrected chi connectivity index (χ0v) is 6.78. The average molecular weight is 129 g/mol. The minimum absolute atomic E-state index is 0.00868. The first-order valence-corrected chi connectivity index (χ1v) is 3.40. The van der Waals surface area contributed by atoms with Crippen LogP contribution in [0.5, 0.6) is 0 Å². The molecule has 1 radical (unpaired) electrons. The van der Waals surface area contributed by atoms with Crippen LogP contribution in [0.25, 0.3) is 0 Å². The number of hydrogen-bond donors (Lipinski definition) is 2. The first-order chi connectivity index (χ1) is 4.18. The van der Waals surface area contributed by atoms with Gasteiger partial charge in [-0.2, -0.15) is 0 Å². The third-order valence-corrected chi connectivity index (χ3v) is 1.65. The van der Waals surface area contributed by atoms with Crippen LogP contribution in [0.3, 0.4) is 0 Å². The van der Waals surface area contributed by atoms with Crippen molar-refractivity contribution < 1.29 is 0 Å². The van der Waals surface area contributed by atoms with Gasteiger partial charge in [0.05, 0.1) is 5.66 Å². The zero-order chi connectivity index (χ0) is 7.33. The molecule has 2 N–H and O–H groups in total. The molecule has 0 aliphatic heterocycles. The summed E-state index contributed by atoms with van der Waals surface area (Å²) in [7, 11) is 3.89. The Kier molecular flexibility index (Phi) is 3.82. The smallest absolute Gasteiger partial charge is 0.0686 e. The maximum absolute atomic E-state index is 3.16. The highest BCUT2D eigenvalue weighted by Crippen LogP contribution is 2.03. The highest BCUT2D eigenvalue weighted by Gasteiger charge is 2.16. The minimum atomic E-state index is 0.00868. The van der Waals surface area contributed by atoms with Gasteiger partial charge in [-0.3, -0.25) is 0 Å². The van der Waals surface area contributed by atoms with Crippen LogP contribution in [0, 0.1) is 6.42 Å². The predicted molar refractivity (Wildman–Crippen MR) is 41.1 cm³/mol. The summed E-state index contributed by atoms with van der Waals surface area (Å²) >= 11 is 0. The Morgan fingerprint density at radius 3 is 1.89 bits per heavy atom. The van der Waals surface area contributed by atoms with E-state index >= 15 is 0 Å². The molecular formula is C7H17N2. The van der Waals surface area contributed by atoms with Crippen LogP contribution in [-0.2, 0) is 0 Å². The van der Waals surface area contributed by atoms with Crippen molar-refractivity contribution in [2.75, 3.05) is 14.1 Å². The molecule has 0 amide bonds. The van der Waals surface area contributed by atoms with Crippen molar-refractivity contribution in [3.05, 3.63) is 6.42 Å². The van der Waals surface area contributed by atoms with Crippen LogP contribution in [0.1, 0.15) is 20.3 Å². The number of hydrogen-bond acceptors (Lipinski definition) is 2. The molecule has 0 aromatic rings. The van der Waals surface area contributed by atoms with Gasteiger partial charge in [-0.25, -0.2) is 0 Å². The van der Waals surface area contributed by atoms with E-state index in [0.717, 1.165) is 6.42 Å². The lowest BCUT2D eigenvalue weighted by molar-refractivity contribution is 0.374. The van der Waals surface area contributed by atoms with E-state index in [-0.39, 0.29) is 5.66 Å². The molecule has 0 atom stereocenters. The largest absolute Gasteiger partial charge is 0.302 e. The molecule has 0 saturated carbocycles. The maximum Gasteiger partial charge on any atom is 0.0686 e. The molecule has 0 rings (SSSR count). The van der Waals surface area contributed by atoms with Crippen LogP contribution in [0.2, 0.25) is 0 Å². The van der Waals surface area contributed by atoms with E-state index in [9.17, 15) is 0 Å². The molecule has 2 nitrogen and oxygen atoms in total. The minimum Gasteiger partial charge on any atom is -0.302 e. The Balaban J connectivity index is 3.62. The summed E-state index contributed by atoms with van der Waals surface area (Å²) in [5.41, 5.74) is 0.00868. The third kappa shape index (κ3) is 2.82. The van der Waals surface area contributed by atoms with E-state index in [1.54, 1.807) is 0 Å². The zero-order valence-electron chi connectivity index (χ0n) is 6.78. The molecule has 0 unspecified atom stereocenters. The van der Waals surface area contributed by atoms with Crippen molar-refractivity contribution in [1.29, 1.82) is 0 Å². The molecule has 0 spiro atoms. The third-order valence-electron chi connectivity index (χ3n) is 1.65. The average Bonchev–Trinajstić information content (AvgIpc) is 1.89. The molecule has 2 heteroatoms. The summed E-state index contributed by atoms with van der Waals surface area (Å²) in [5, 5.41) is 6.32. The first kappa shape index (κ1) is 8.92. The fraction of sp³-hybridized carbons (Fsp3) is 0.857. The summed E-state index contributed by atoms with van der Waals surface area (Å²) in [6.07, 6.45) is 3.28. The molecule has 0 fully saturated rings. The highest BCUT2D eigenvalue weighted by molar-refractivity contribution is 4.90. The second-order valence-corrected chi connectivity index (χ2v) is 2.31. The van der Waals surface area contributed by atoms with Gasteiger partial charge in [0.2, 0.25) is 0 Å². The van der Waals surface area contributed by atoms with E-state index in [1.807, 2.05) is 14.1 Å².